The number of ether oxygens (including phenoxy) is 2. The number of rotatable bonds is 6. The van der Waals surface area contributed by atoms with Crippen molar-refractivity contribution in [1.82, 2.24) is 0 Å². The Labute approximate surface area is 159 Å². The fraction of sp³-hybridized carbons (Fsp3) is 0.158. The van der Waals surface area contributed by atoms with Gasteiger partial charge in [0.15, 0.2) is 11.5 Å². The number of nitriles is 1. The van der Waals surface area contributed by atoms with Crippen LogP contribution < -0.4 is 14.8 Å². The Morgan fingerprint density at radius 3 is 2.62 bits per heavy atom. The Hall–Kier alpha value is -2.85. The first-order chi connectivity index (χ1) is 12.5. The third-order valence-electron chi connectivity index (χ3n) is 3.32. The van der Waals surface area contributed by atoms with Gasteiger partial charge >= 0.3 is 0 Å². The number of benzene rings is 2. The number of anilines is 1. The minimum Gasteiger partial charge on any atom is -0.493 e. The molecule has 0 atom stereocenters. The molecule has 0 bridgehead atoms. The smallest absolute Gasteiger partial charge is 0.266 e. The molecule has 0 unspecified atom stereocenters. The monoisotopic (exact) mass is 418 g/mol. The van der Waals surface area contributed by atoms with Crippen LogP contribution in [0.3, 0.4) is 0 Å². The quantitative estimate of drug-likeness (QED) is 0.551. The van der Waals surface area contributed by atoms with Gasteiger partial charge in [-0.3, -0.25) is 4.79 Å². The second kappa shape index (κ2) is 9.02. The first-order valence-electron chi connectivity index (χ1n) is 7.67. The predicted molar refractivity (Wildman–Crippen MR) is 100 cm³/mol. The van der Waals surface area contributed by atoms with E-state index in [0.29, 0.717) is 33.8 Å². The standard InChI is InChI=1S/C19H16BrFN2O3/c1-3-26-18-16(20)9-12(10-17(18)25-2)8-13(11-22)19(24)23-15-6-4-14(21)5-7-15/h4-10H,3H2,1-2H3,(H,23,24)/b13-8-. The number of nitrogens with zero attached hydrogens (tertiary/aromatic N) is 1. The maximum absolute atomic E-state index is 12.9. The highest BCUT2D eigenvalue weighted by Crippen LogP contribution is 2.37. The lowest BCUT2D eigenvalue weighted by molar-refractivity contribution is -0.112. The van der Waals surface area contributed by atoms with E-state index < -0.39 is 11.7 Å². The molecule has 2 aromatic rings. The highest BCUT2D eigenvalue weighted by Gasteiger charge is 2.13. The molecule has 1 amide bonds. The van der Waals surface area contributed by atoms with Gasteiger partial charge in [-0.15, -0.1) is 0 Å². The SMILES string of the molecule is CCOc1c(Br)cc(/C=C(/C#N)C(=O)Nc2ccc(F)cc2)cc1OC. The van der Waals surface area contributed by atoms with Gasteiger partial charge in [0, 0.05) is 5.69 Å². The summed E-state index contributed by atoms with van der Waals surface area (Å²) in [5, 5.41) is 11.9. The first kappa shape index (κ1) is 19.5. The van der Waals surface area contributed by atoms with Crippen LogP contribution in [0.2, 0.25) is 0 Å². The molecule has 0 heterocycles. The lowest BCUT2D eigenvalue weighted by Gasteiger charge is -2.12. The normalized spacial score (nSPS) is 10.8. The van der Waals surface area contributed by atoms with Crippen LogP contribution in [0.25, 0.3) is 6.08 Å². The van der Waals surface area contributed by atoms with Crippen LogP contribution in [0.5, 0.6) is 11.5 Å². The van der Waals surface area contributed by atoms with Crippen molar-refractivity contribution in [3.05, 3.63) is 57.8 Å². The molecular weight excluding hydrogens is 403 g/mol. The van der Waals surface area contributed by atoms with Crippen molar-refractivity contribution in [2.45, 2.75) is 6.92 Å². The number of carbonyl (C=O) groups excluding carboxylic acids is 1. The van der Waals surface area contributed by atoms with Crippen LogP contribution >= 0.6 is 15.9 Å². The Morgan fingerprint density at radius 1 is 1.35 bits per heavy atom. The van der Waals surface area contributed by atoms with E-state index in [4.69, 9.17) is 9.47 Å². The molecule has 0 aliphatic rings. The number of hydrogen-bond donors (Lipinski definition) is 1. The van der Waals surface area contributed by atoms with E-state index in [0.717, 1.165) is 0 Å². The van der Waals surface area contributed by atoms with Gasteiger partial charge in [0.05, 0.1) is 18.2 Å². The number of halogens is 2. The summed E-state index contributed by atoms with van der Waals surface area (Å²) in [6.07, 6.45) is 1.43. The van der Waals surface area contributed by atoms with Gasteiger partial charge in [0.25, 0.3) is 5.91 Å². The van der Waals surface area contributed by atoms with E-state index in [2.05, 4.69) is 21.2 Å². The third-order valence-corrected chi connectivity index (χ3v) is 3.91. The van der Waals surface area contributed by atoms with Crippen LogP contribution in [0.1, 0.15) is 12.5 Å². The molecule has 2 rings (SSSR count). The fourth-order valence-electron chi connectivity index (χ4n) is 2.15. The maximum Gasteiger partial charge on any atom is 0.266 e. The largest absolute Gasteiger partial charge is 0.493 e. The predicted octanol–water partition coefficient (Wildman–Crippen LogP) is 4.54. The van der Waals surface area contributed by atoms with Gasteiger partial charge in [0.1, 0.15) is 17.5 Å². The maximum atomic E-state index is 12.9. The van der Waals surface area contributed by atoms with Crippen LogP contribution in [0.15, 0.2) is 46.4 Å². The summed E-state index contributed by atoms with van der Waals surface area (Å²) < 4.78 is 24.4. The van der Waals surface area contributed by atoms with E-state index in [1.165, 1.54) is 37.5 Å². The summed E-state index contributed by atoms with van der Waals surface area (Å²) in [4.78, 5) is 12.3. The van der Waals surface area contributed by atoms with Gasteiger partial charge < -0.3 is 14.8 Å². The Kier molecular flexibility index (Phi) is 6.75. The topological polar surface area (TPSA) is 71.3 Å². The van der Waals surface area contributed by atoms with Crippen molar-refractivity contribution in [3.8, 4) is 17.6 Å². The molecule has 7 heteroatoms. The molecule has 2 aromatic carbocycles. The van der Waals surface area contributed by atoms with Crippen LogP contribution in [0, 0.1) is 17.1 Å². The molecule has 134 valence electrons. The van der Waals surface area contributed by atoms with Crippen molar-refractivity contribution in [3.63, 3.8) is 0 Å². The summed E-state index contributed by atoms with van der Waals surface area (Å²) in [7, 11) is 1.50. The zero-order valence-electron chi connectivity index (χ0n) is 14.2. The molecule has 0 aliphatic heterocycles. The molecule has 0 saturated heterocycles. The van der Waals surface area contributed by atoms with Gasteiger partial charge in [-0.1, -0.05) is 0 Å². The average molecular weight is 419 g/mol. The zero-order chi connectivity index (χ0) is 19.1. The fourth-order valence-corrected chi connectivity index (χ4v) is 2.73. The number of methoxy groups -OCH3 is 1. The Balaban J connectivity index is 2.30. The van der Waals surface area contributed by atoms with E-state index in [-0.39, 0.29) is 5.57 Å². The molecule has 0 saturated carbocycles. The molecule has 0 aromatic heterocycles. The van der Waals surface area contributed by atoms with Gasteiger partial charge in [-0.05, 0) is 70.9 Å². The summed E-state index contributed by atoms with van der Waals surface area (Å²) in [6, 6.07) is 10.5. The summed E-state index contributed by atoms with van der Waals surface area (Å²) in [5.41, 5.74) is 0.874. The molecule has 0 fully saturated rings. The number of nitrogens with one attached hydrogen (secondary N) is 1. The second-order valence-electron chi connectivity index (χ2n) is 5.10. The molecule has 5 nitrogen and oxygen atoms in total. The lowest BCUT2D eigenvalue weighted by atomic mass is 10.1. The van der Waals surface area contributed by atoms with Crippen LogP contribution in [0.4, 0.5) is 10.1 Å². The highest BCUT2D eigenvalue weighted by molar-refractivity contribution is 9.10. The molecule has 0 aliphatic carbocycles. The molecule has 26 heavy (non-hydrogen) atoms. The average Bonchev–Trinajstić information content (AvgIpc) is 2.63. The number of hydrogen-bond acceptors (Lipinski definition) is 4. The molecule has 1 N–H and O–H groups in total. The van der Waals surface area contributed by atoms with Crippen LogP contribution in [-0.4, -0.2) is 19.6 Å². The summed E-state index contributed by atoms with van der Waals surface area (Å²) in [5.74, 6) is 0.0126. The van der Waals surface area contributed by atoms with Crippen molar-refractivity contribution in [2.75, 3.05) is 19.0 Å². The van der Waals surface area contributed by atoms with Crippen molar-refractivity contribution < 1.29 is 18.7 Å². The molecule has 0 spiro atoms. The van der Waals surface area contributed by atoms with Crippen LogP contribution in [-0.2, 0) is 4.79 Å². The lowest BCUT2D eigenvalue weighted by Crippen LogP contribution is -2.13. The summed E-state index contributed by atoms with van der Waals surface area (Å²) in [6.45, 7) is 2.32. The van der Waals surface area contributed by atoms with Crippen molar-refractivity contribution in [2.24, 2.45) is 0 Å². The zero-order valence-corrected chi connectivity index (χ0v) is 15.8. The second-order valence-corrected chi connectivity index (χ2v) is 5.95. The number of amides is 1. The summed E-state index contributed by atoms with van der Waals surface area (Å²) >= 11 is 3.40. The first-order valence-corrected chi connectivity index (χ1v) is 8.46. The molecular formula is C19H16BrFN2O3. The van der Waals surface area contributed by atoms with Crippen molar-refractivity contribution in [1.29, 1.82) is 5.26 Å². The molecule has 0 radical (unpaired) electrons. The van der Waals surface area contributed by atoms with Gasteiger partial charge in [-0.2, -0.15) is 5.26 Å². The highest BCUT2D eigenvalue weighted by atomic mass is 79.9. The minimum absolute atomic E-state index is 0.104. The van der Waals surface area contributed by atoms with E-state index in [9.17, 15) is 14.4 Å². The van der Waals surface area contributed by atoms with Gasteiger partial charge in [0.2, 0.25) is 0 Å². The third kappa shape index (κ3) is 4.83. The van der Waals surface area contributed by atoms with E-state index >= 15 is 0 Å². The Morgan fingerprint density at radius 2 is 2.04 bits per heavy atom. The van der Waals surface area contributed by atoms with E-state index in [1.54, 1.807) is 12.1 Å². The van der Waals surface area contributed by atoms with E-state index in [1.807, 2.05) is 13.0 Å². The van der Waals surface area contributed by atoms with Gasteiger partial charge in [-0.25, -0.2) is 4.39 Å². The van der Waals surface area contributed by atoms with Crippen molar-refractivity contribution >= 4 is 33.6 Å². The minimum atomic E-state index is -0.594. The Bertz CT molecular complexity index is 874. The number of carbonyl (C=O) groups is 1.